The molecule has 1 atom stereocenters. The van der Waals surface area contributed by atoms with Crippen LogP contribution in [-0.4, -0.2) is 19.2 Å². The summed E-state index contributed by atoms with van der Waals surface area (Å²) in [6, 6.07) is 9.29. The van der Waals surface area contributed by atoms with Crippen LogP contribution in [0.1, 0.15) is 45.3 Å². The fraction of sp³-hybridized carbons (Fsp3) is 0.400. The molecule has 1 aliphatic carbocycles. The number of halogens is 1. The summed E-state index contributed by atoms with van der Waals surface area (Å²) < 4.78 is 25.4. The molecule has 0 amide bonds. The van der Waals surface area contributed by atoms with Crippen LogP contribution in [0.15, 0.2) is 30.3 Å². The first-order valence-corrected chi connectivity index (χ1v) is 11.7. The molecule has 1 aliphatic rings. The standard InChI is InChI=1S/C25H30FN3O2S/c1-14-24(20-10-18(13-28)22(30-2)11-23(20)31-3)29-25(32-14)19(16-6-7-16)8-15-4-5-17(12-27)21(26)9-15/h4-5,9-11,16,19H,6-8,12-13,27-28H2,1-3H3. The highest BCUT2D eigenvalue weighted by molar-refractivity contribution is 7.12. The predicted molar refractivity (Wildman–Crippen MR) is 127 cm³/mol. The van der Waals surface area contributed by atoms with Gasteiger partial charge in [-0.3, -0.25) is 0 Å². The molecule has 170 valence electrons. The maximum absolute atomic E-state index is 14.3. The molecule has 3 aromatic rings. The van der Waals surface area contributed by atoms with Crippen molar-refractivity contribution >= 4 is 11.3 Å². The van der Waals surface area contributed by atoms with Crippen LogP contribution in [0.5, 0.6) is 11.5 Å². The Morgan fingerprint density at radius 1 is 1.06 bits per heavy atom. The monoisotopic (exact) mass is 455 g/mol. The molecule has 7 heteroatoms. The zero-order chi connectivity index (χ0) is 22.8. The minimum absolute atomic E-state index is 0.210. The molecule has 0 saturated heterocycles. The Balaban J connectivity index is 1.69. The summed E-state index contributed by atoms with van der Waals surface area (Å²) >= 11 is 1.72. The van der Waals surface area contributed by atoms with Gasteiger partial charge in [-0.05, 0) is 49.8 Å². The van der Waals surface area contributed by atoms with Crippen LogP contribution in [-0.2, 0) is 19.5 Å². The zero-order valence-corrected chi connectivity index (χ0v) is 19.6. The molecule has 1 fully saturated rings. The van der Waals surface area contributed by atoms with Crippen LogP contribution in [0.2, 0.25) is 0 Å². The van der Waals surface area contributed by atoms with Gasteiger partial charge in [0, 0.05) is 46.6 Å². The van der Waals surface area contributed by atoms with E-state index >= 15 is 0 Å². The summed E-state index contributed by atoms with van der Waals surface area (Å²) in [5.41, 5.74) is 15.8. The Morgan fingerprint density at radius 2 is 1.78 bits per heavy atom. The van der Waals surface area contributed by atoms with Crippen molar-refractivity contribution < 1.29 is 13.9 Å². The number of thiazole rings is 1. The fourth-order valence-electron chi connectivity index (χ4n) is 4.23. The van der Waals surface area contributed by atoms with Gasteiger partial charge in [0.15, 0.2) is 0 Å². The van der Waals surface area contributed by atoms with Gasteiger partial charge in [0.1, 0.15) is 17.3 Å². The number of aryl methyl sites for hydroxylation is 1. The van der Waals surface area contributed by atoms with E-state index in [9.17, 15) is 4.39 Å². The number of hydrogen-bond acceptors (Lipinski definition) is 6. The molecule has 4 N–H and O–H groups in total. The lowest BCUT2D eigenvalue weighted by Gasteiger charge is -2.15. The number of aromatic nitrogens is 1. The average molecular weight is 456 g/mol. The number of ether oxygens (including phenoxy) is 2. The number of benzene rings is 2. The van der Waals surface area contributed by atoms with E-state index in [1.165, 1.54) is 12.8 Å². The van der Waals surface area contributed by atoms with E-state index in [4.69, 9.17) is 25.9 Å². The lowest BCUT2D eigenvalue weighted by molar-refractivity contribution is 0.392. The largest absolute Gasteiger partial charge is 0.496 e. The van der Waals surface area contributed by atoms with Gasteiger partial charge in [0.2, 0.25) is 0 Å². The maximum Gasteiger partial charge on any atom is 0.132 e. The molecule has 0 radical (unpaired) electrons. The van der Waals surface area contributed by atoms with Crippen LogP contribution >= 0.6 is 11.3 Å². The number of hydrogen-bond donors (Lipinski definition) is 2. The quantitative estimate of drug-likeness (QED) is 0.478. The van der Waals surface area contributed by atoms with E-state index in [-0.39, 0.29) is 18.3 Å². The van der Waals surface area contributed by atoms with Gasteiger partial charge in [-0.15, -0.1) is 11.3 Å². The third kappa shape index (κ3) is 4.51. The Kier molecular flexibility index (Phi) is 6.79. The van der Waals surface area contributed by atoms with Crippen molar-refractivity contribution in [2.45, 2.75) is 45.2 Å². The second kappa shape index (κ2) is 9.57. The molecule has 1 saturated carbocycles. The van der Waals surface area contributed by atoms with Gasteiger partial charge in [0.05, 0.1) is 24.9 Å². The molecule has 0 spiro atoms. The first-order valence-electron chi connectivity index (χ1n) is 10.9. The summed E-state index contributed by atoms with van der Waals surface area (Å²) in [6.07, 6.45) is 3.14. The van der Waals surface area contributed by atoms with Crippen LogP contribution in [0, 0.1) is 18.7 Å². The molecule has 32 heavy (non-hydrogen) atoms. The smallest absolute Gasteiger partial charge is 0.132 e. The molecule has 0 bridgehead atoms. The molecule has 2 aromatic carbocycles. The summed E-state index contributed by atoms with van der Waals surface area (Å²) in [4.78, 5) is 6.20. The molecule has 1 heterocycles. The number of nitrogens with zero attached hydrogens (tertiary/aromatic N) is 1. The average Bonchev–Trinajstić information content (AvgIpc) is 3.58. The second-order valence-corrected chi connectivity index (χ2v) is 9.54. The summed E-state index contributed by atoms with van der Waals surface area (Å²) in [7, 11) is 3.28. The highest BCUT2D eigenvalue weighted by atomic mass is 32.1. The van der Waals surface area contributed by atoms with Gasteiger partial charge >= 0.3 is 0 Å². The molecule has 0 aliphatic heterocycles. The molecule has 1 aromatic heterocycles. The Hall–Kier alpha value is -2.48. The number of nitrogens with two attached hydrogens (primary N) is 2. The molecular weight excluding hydrogens is 425 g/mol. The molecule has 5 nitrogen and oxygen atoms in total. The lowest BCUT2D eigenvalue weighted by Crippen LogP contribution is -2.07. The first kappa shape index (κ1) is 22.7. The van der Waals surface area contributed by atoms with Gasteiger partial charge in [-0.1, -0.05) is 12.1 Å². The first-order chi connectivity index (χ1) is 15.5. The molecular formula is C25H30FN3O2S. The topological polar surface area (TPSA) is 83.4 Å². The summed E-state index contributed by atoms with van der Waals surface area (Å²) in [5, 5.41) is 1.09. The molecule has 1 unspecified atom stereocenters. The highest BCUT2D eigenvalue weighted by Crippen LogP contribution is 2.47. The van der Waals surface area contributed by atoms with Crippen molar-refractivity contribution in [3.8, 4) is 22.8 Å². The SMILES string of the molecule is COc1cc(OC)c(-c2nc(C(Cc3ccc(CN)c(F)c3)C3CC3)sc2C)cc1CN. The van der Waals surface area contributed by atoms with E-state index in [1.807, 2.05) is 18.2 Å². The van der Waals surface area contributed by atoms with Crippen molar-refractivity contribution in [1.29, 1.82) is 0 Å². The zero-order valence-electron chi connectivity index (χ0n) is 18.8. The van der Waals surface area contributed by atoms with E-state index in [2.05, 4.69) is 6.92 Å². The van der Waals surface area contributed by atoms with Crippen LogP contribution in [0.25, 0.3) is 11.3 Å². The Bertz CT molecular complexity index is 1110. The van der Waals surface area contributed by atoms with Gasteiger partial charge < -0.3 is 20.9 Å². The summed E-state index contributed by atoms with van der Waals surface area (Å²) in [6.45, 7) is 2.66. The Morgan fingerprint density at radius 3 is 2.38 bits per heavy atom. The van der Waals surface area contributed by atoms with Gasteiger partial charge in [-0.25, -0.2) is 9.37 Å². The summed E-state index contributed by atoms with van der Waals surface area (Å²) in [5.74, 6) is 2.05. The van der Waals surface area contributed by atoms with E-state index in [0.717, 1.165) is 38.7 Å². The van der Waals surface area contributed by atoms with Gasteiger partial charge in [0.25, 0.3) is 0 Å². The van der Waals surface area contributed by atoms with Crippen molar-refractivity contribution in [2.75, 3.05) is 14.2 Å². The number of methoxy groups -OCH3 is 2. The minimum atomic E-state index is -0.229. The fourth-order valence-corrected chi connectivity index (χ4v) is 5.36. The normalized spacial score (nSPS) is 14.4. The van der Waals surface area contributed by atoms with Crippen molar-refractivity contribution in [3.05, 3.63) is 62.7 Å². The second-order valence-electron chi connectivity index (χ2n) is 8.30. The van der Waals surface area contributed by atoms with Crippen LogP contribution in [0.3, 0.4) is 0 Å². The maximum atomic E-state index is 14.3. The third-order valence-corrected chi connectivity index (χ3v) is 7.29. The third-order valence-electron chi connectivity index (χ3n) is 6.19. The minimum Gasteiger partial charge on any atom is -0.496 e. The van der Waals surface area contributed by atoms with E-state index < -0.39 is 0 Å². The number of rotatable bonds is 9. The van der Waals surface area contributed by atoms with Crippen molar-refractivity contribution in [1.82, 2.24) is 4.98 Å². The van der Waals surface area contributed by atoms with Gasteiger partial charge in [-0.2, -0.15) is 0 Å². The Labute approximate surface area is 192 Å². The van der Waals surface area contributed by atoms with Crippen LogP contribution in [0.4, 0.5) is 4.39 Å². The molecule has 4 rings (SSSR count). The van der Waals surface area contributed by atoms with Crippen LogP contribution < -0.4 is 20.9 Å². The lowest BCUT2D eigenvalue weighted by atomic mass is 9.94. The van der Waals surface area contributed by atoms with E-state index in [0.29, 0.717) is 29.5 Å². The van der Waals surface area contributed by atoms with Crippen molar-refractivity contribution in [3.63, 3.8) is 0 Å². The van der Waals surface area contributed by atoms with E-state index in [1.54, 1.807) is 37.7 Å². The van der Waals surface area contributed by atoms with Crippen molar-refractivity contribution in [2.24, 2.45) is 17.4 Å². The highest BCUT2D eigenvalue weighted by Gasteiger charge is 2.35. The predicted octanol–water partition coefficient (Wildman–Crippen LogP) is 4.93.